The molecule has 33 heavy (non-hydrogen) atoms. The average Bonchev–Trinajstić information content (AvgIpc) is 3.29. The van der Waals surface area contributed by atoms with E-state index in [9.17, 15) is 0 Å². The largest absolute Gasteiger partial charge is 0.367 e. The Morgan fingerprint density at radius 1 is 0.939 bits per heavy atom. The van der Waals surface area contributed by atoms with Crippen LogP contribution in [0.25, 0.3) is 44.2 Å². The highest BCUT2D eigenvalue weighted by molar-refractivity contribution is 5.99. The first-order valence-electron chi connectivity index (χ1n) is 11.3. The maximum absolute atomic E-state index is 4.64. The smallest absolute Gasteiger partial charge is 0.137 e. The van der Waals surface area contributed by atoms with Crippen molar-refractivity contribution in [3.05, 3.63) is 67.5 Å². The molecule has 0 unspecified atom stereocenters. The molecule has 2 N–H and O–H groups in total. The van der Waals surface area contributed by atoms with E-state index >= 15 is 0 Å². The summed E-state index contributed by atoms with van der Waals surface area (Å²) in [7, 11) is 2.18. The number of rotatable bonds is 4. The number of pyridine rings is 2. The Bertz CT molecular complexity index is 1420. The van der Waals surface area contributed by atoms with Crippen LogP contribution >= 0.6 is 0 Å². The first-order chi connectivity index (χ1) is 16.2. The molecule has 7 nitrogen and oxygen atoms in total. The van der Waals surface area contributed by atoms with E-state index in [4.69, 9.17) is 0 Å². The van der Waals surface area contributed by atoms with Gasteiger partial charge in [0.05, 0.1) is 5.52 Å². The van der Waals surface area contributed by atoms with Crippen molar-refractivity contribution in [2.45, 2.75) is 18.9 Å². The zero-order chi connectivity index (χ0) is 22.2. The van der Waals surface area contributed by atoms with E-state index in [-0.39, 0.29) is 0 Å². The highest BCUT2D eigenvalue weighted by Gasteiger charge is 2.18. The SMILES string of the molecule is CN1CCC(Nc2ncnc3ccc(-c4c[nH]c5ncc(-c6cccnc6)cc45)cc23)CC1. The van der Waals surface area contributed by atoms with Gasteiger partial charge in [-0.15, -0.1) is 0 Å². The van der Waals surface area contributed by atoms with E-state index in [1.54, 1.807) is 12.5 Å². The molecule has 0 radical (unpaired) electrons. The predicted octanol–water partition coefficient (Wildman–Crippen LogP) is 4.74. The fourth-order valence-electron chi connectivity index (χ4n) is 4.62. The number of fused-ring (bicyclic) bond motifs is 2. The number of hydrogen-bond acceptors (Lipinski definition) is 6. The highest BCUT2D eigenvalue weighted by atomic mass is 15.1. The van der Waals surface area contributed by atoms with Gasteiger partial charge in [0, 0.05) is 58.3 Å². The second-order valence-electron chi connectivity index (χ2n) is 8.74. The van der Waals surface area contributed by atoms with Crippen molar-refractivity contribution in [3.8, 4) is 22.3 Å². The van der Waals surface area contributed by atoms with Gasteiger partial charge in [-0.2, -0.15) is 0 Å². The minimum absolute atomic E-state index is 0.433. The summed E-state index contributed by atoms with van der Waals surface area (Å²) >= 11 is 0. The monoisotopic (exact) mass is 435 g/mol. The molecule has 6 rings (SSSR count). The molecule has 0 bridgehead atoms. The number of H-pyrrole nitrogens is 1. The van der Waals surface area contributed by atoms with Gasteiger partial charge in [-0.25, -0.2) is 15.0 Å². The quantitative estimate of drug-likeness (QED) is 0.424. The van der Waals surface area contributed by atoms with Crippen LogP contribution in [0.3, 0.4) is 0 Å². The normalized spacial score (nSPS) is 15.3. The molecule has 5 aromatic rings. The third-order valence-electron chi connectivity index (χ3n) is 6.53. The molecule has 7 heteroatoms. The summed E-state index contributed by atoms with van der Waals surface area (Å²) in [5.74, 6) is 0.908. The molecule has 1 aromatic carbocycles. The van der Waals surface area contributed by atoms with E-state index in [1.807, 2.05) is 24.7 Å². The van der Waals surface area contributed by atoms with Crippen LogP contribution in [0.15, 0.2) is 67.5 Å². The fraction of sp³-hybridized carbons (Fsp3) is 0.231. The molecule has 0 amide bonds. The summed E-state index contributed by atoms with van der Waals surface area (Å²) in [6.07, 6.45) is 11.4. The Kier molecular flexibility index (Phi) is 4.96. The molecule has 5 heterocycles. The maximum atomic E-state index is 4.64. The summed E-state index contributed by atoms with van der Waals surface area (Å²) in [5.41, 5.74) is 6.13. The molecule has 1 aliphatic rings. The van der Waals surface area contributed by atoms with Crippen LogP contribution in [0.5, 0.6) is 0 Å². The van der Waals surface area contributed by atoms with Gasteiger partial charge in [0.2, 0.25) is 0 Å². The van der Waals surface area contributed by atoms with Crippen molar-refractivity contribution < 1.29 is 0 Å². The first-order valence-corrected chi connectivity index (χ1v) is 11.3. The van der Waals surface area contributed by atoms with Gasteiger partial charge < -0.3 is 15.2 Å². The summed E-state index contributed by atoms with van der Waals surface area (Å²) in [5, 5.41) is 5.80. The molecule has 0 atom stereocenters. The van der Waals surface area contributed by atoms with Crippen molar-refractivity contribution in [1.29, 1.82) is 0 Å². The van der Waals surface area contributed by atoms with Crippen molar-refractivity contribution >= 4 is 27.8 Å². The highest BCUT2D eigenvalue weighted by Crippen LogP contribution is 2.33. The van der Waals surface area contributed by atoms with Crippen LogP contribution < -0.4 is 5.32 Å². The number of benzene rings is 1. The van der Waals surface area contributed by atoms with Crippen LogP contribution in [-0.4, -0.2) is 56.0 Å². The zero-order valence-electron chi connectivity index (χ0n) is 18.5. The summed E-state index contributed by atoms with van der Waals surface area (Å²) < 4.78 is 0. The molecule has 1 aliphatic heterocycles. The van der Waals surface area contributed by atoms with Gasteiger partial charge in [-0.1, -0.05) is 12.1 Å². The number of anilines is 1. The van der Waals surface area contributed by atoms with E-state index < -0.39 is 0 Å². The van der Waals surface area contributed by atoms with Gasteiger partial charge >= 0.3 is 0 Å². The topological polar surface area (TPSA) is 82.6 Å². The van der Waals surface area contributed by atoms with Crippen molar-refractivity contribution in [2.75, 3.05) is 25.5 Å². The number of likely N-dealkylation sites (tertiary alicyclic amines) is 1. The number of aromatic amines is 1. The third-order valence-corrected chi connectivity index (χ3v) is 6.53. The Balaban J connectivity index is 1.40. The molecule has 0 saturated carbocycles. The minimum Gasteiger partial charge on any atom is -0.367 e. The maximum Gasteiger partial charge on any atom is 0.137 e. The summed E-state index contributed by atoms with van der Waals surface area (Å²) in [6, 6.07) is 13.0. The van der Waals surface area contributed by atoms with Gasteiger partial charge in [0.1, 0.15) is 17.8 Å². The number of hydrogen-bond donors (Lipinski definition) is 2. The van der Waals surface area contributed by atoms with Crippen LogP contribution in [0.1, 0.15) is 12.8 Å². The molecule has 0 spiro atoms. The molecule has 1 fully saturated rings. The Morgan fingerprint density at radius 2 is 1.82 bits per heavy atom. The summed E-state index contributed by atoms with van der Waals surface area (Å²) in [6.45, 7) is 2.21. The average molecular weight is 436 g/mol. The lowest BCUT2D eigenvalue weighted by molar-refractivity contribution is 0.264. The van der Waals surface area contributed by atoms with Gasteiger partial charge in [-0.05, 0) is 62.8 Å². The second-order valence-corrected chi connectivity index (χ2v) is 8.74. The van der Waals surface area contributed by atoms with Gasteiger partial charge in [0.25, 0.3) is 0 Å². The lowest BCUT2D eigenvalue weighted by Gasteiger charge is -2.30. The molecule has 1 saturated heterocycles. The third kappa shape index (κ3) is 3.81. The zero-order valence-corrected chi connectivity index (χ0v) is 18.5. The van der Waals surface area contributed by atoms with E-state index in [2.05, 4.69) is 72.5 Å². The summed E-state index contributed by atoms with van der Waals surface area (Å²) in [4.78, 5) is 23.7. The standard InChI is InChI=1S/C26H25N7/c1-33-9-6-20(7-10-33)32-26-22-11-17(4-5-24(22)30-16-31-26)23-15-29-25-21(23)12-19(14-28-25)18-3-2-8-27-13-18/h2-5,8,11-16,20H,6-7,9-10H2,1H3,(H,28,29)(H,30,31,32). The number of aromatic nitrogens is 5. The lowest BCUT2D eigenvalue weighted by Crippen LogP contribution is -2.36. The van der Waals surface area contributed by atoms with Gasteiger partial charge in [0.15, 0.2) is 0 Å². The van der Waals surface area contributed by atoms with E-state index in [0.717, 1.165) is 75.9 Å². The van der Waals surface area contributed by atoms with Crippen molar-refractivity contribution in [1.82, 2.24) is 29.8 Å². The Hall–Kier alpha value is -3.84. The number of nitrogens with zero attached hydrogens (tertiary/aromatic N) is 5. The lowest BCUT2D eigenvalue weighted by atomic mass is 10.0. The Labute approximate surface area is 191 Å². The fourth-order valence-corrected chi connectivity index (χ4v) is 4.62. The van der Waals surface area contributed by atoms with Crippen LogP contribution in [-0.2, 0) is 0 Å². The predicted molar refractivity (Wildman–Crippen MR) is 132 cm³/mol. The molecule has 0 aliphatic carbocycles. The van der Waals surface area contributed by atoms with E-state index in [0.29, 0.717) is 6.04 Å². The van der Waals surface area contributed by atoms with Crippen LogP contribution in [0.2, 0.25) is 0 Å². The molecular weight excluding hydrogens is 410 g/mol. The Morgan fingerprint density at radius 3 is 2.67 bits per heavy atom. The molecule has 164 valence electrons. The van der Waals surface area contributed by atoms with Crippen molar-refractivity contribution in [2.24, 2.45) is 0 Å². The minimum atomic E-state index is 0.433. The van der Waals surface area contributed by atoms with Crippen LogP contribution in [0.4, 0.5) is 5.82 Å². The van der Waals surface area contributed by atoms with Crippen LogP contribution in [0, 0.1) is 0 Å². The molecule has 4 aromatic heterocycles. The van der Waals surface area contributed by atoms with Gasteiger partial charge in [-0.3, -0.25) is 4.98 Å². The number of nitrogens with one attached hydrogen (secondary N) is 2. The molecular formula is C26H25N7. The first kappa shape index (κ1) is 19.8. The second kappa shape index (κ2) is 8.26. The van der Waals surface area contributed by atoms with Crippen molar-refractivity contribution in [3.63, 3.8) is 0 Å². The number of piperidine rings is 1. The van der Waals surface area contributed by atoms with E-state index in [1.165, 1.54) is 0 Å².